The van der Waals surface area contributed by atoms with Crippen molar-refractivity contribution in [2.75, 3.05) is 13.1 Å². The Morgan fingerprint density at radius 1 is 1.14 bits per heavy atom. The first-order chi connectivity index (χ1) is 9.68. The van der Waals surface area contributed by atoms with Gasteiger partial charge >= 0.3 is 0 Å². The summed E-state index contributed by atoms with van der Waals surface area (Å²) in [6.07, 6.45) is 2.54. The molecule has 0 fully saturated rings. The molecule has 112 valence electrons. The van der Waals surface area contributed by atoms with E-state index in [2.05, 4.69) is 23.5 Å². The summed E-state index contributed by atoms with van der Waals surface area (Å²) < 4.78 is 0. The Balaban J connectivity index is 0.00000161. The molecule has 3 nitrogen and oxygen atoms in total. The molecule has 0 saturated carbocycles. The lowest BCUT2D eigenvalue weighted by Gasteiger charge is -2.27. The van der Waals surface area contributed by atoms with Gasteiger partial charge in [0.1, 0.15) is 5.76 Å². The van der Waals surface area contributed by atoms with Gasteiger partial charge in [0.2, 0.25) is 0 Å². The molecule has 0 aromatic heterocycles. The van der Waals surface area contributed by atoms with Gasteiger partial charge in [0.25, 0.3) is 0 Å². The van der Waals surface area contributed by atoms with Crippen LogP contribution in [0.5, 0.6) is 0 Å². The van der Waals surface area contributed by atoms with Crippen molar-refractivity contribution < 1.29 is 10.2 Å². The lowest BCUT2D eigenvalue weighted by atomic mass is 9.79. The Morgan fingerprint density at radius 2 is 1.86 bits per heavy atom. The average molecular weight is 350 g/mol. The first-order valence-corrected chi connectivity index (χ1v) is 6.95. The number of hydrogen-bond acceptors (Lipinski definition) is 3. The van der Waals surface area contributed by atoms with Crippen molar-refractivity contribution in [3.8, 4) is 0 Å². The molecule has 0 bridgehead atoms. The van der Waals surface area contributed by atoms with Crippen LogP contribution < -0.4 is 5.32 Å². The summed E-state index contributed by atoms with van der Waals surface area (Å²) >= 11 is 0. The molecular formula is C17H20BrNO2. The molecule has 1 atom stereocenters. The molecule has 0 amide bonds. The molecule has 3 rings (SSSR count). The molecule has 1 heterocycles. The quantitative estimate of drug-likeness (QED) is 0.719. The van der Waals surface area contributed by atoms with Gasteiger partial charge in [-0.1, -0.05) is 36.4 Å². The molecule has 4 heteroatoms. The zero-order chi connectivity index (χ0) is 14.1. The largest absolute Gasteiger partial charge is 0.508 e. The highest BCUT2D eigenvalue weighted by Gasteiger charge is 2.29. The highest BCUT2D eigenvalue weighted by Crippen LogP contribution is 2.40. The third-order valence-corrected chi connectivity index (χ3v) is 4.13. The van der Waals surface area contributed by atoms with E-state index in [9.17, 15) is 10.2 Å². The summed E-state index contributed by atoms with van der Waals surface area (Å²) in [4.78, 5) is 0. The Kier molecular flexibility index (Phi) is 4.91. The highest BCUT2D eigenvalue weighted by molar-refractivity contribution is 8.93. The molecule has 1 aromatic carbocycles. The molecule has 1 aliphatic heterocycles. The second-order valence-corrected chi connectivity index (χ2v) is 5.36. The van der Waals surface area contributed by atoms with E-state index in [1.165, 1.54) is 5.56 Å². The number of rotatable bonds is 1. The van der Waals surface area contributed by atoms with Gasteiger partial charge in [0.15, 0.2) is 5.76 Å². The van der Waals surface area contributed by atoms with E-state index in [0.717, 1.165) is 29.8 Å². The number of aliphatic hydroxyl groups excluding tert-OH is 2. The molecule has 1 unspecified atom stereocenters. The number of benzene rings is 1. The van der Waals surface area contributed by atoms with Crippen LogP contribution in [0.2, 0.25) is 0 Å². The highest BCUT2D eigenvalue weighted by atomic mass is 79.9. The third kappa shape index (κ3) is 2.92. The second kappa shape index (κ2) is 6.50. The predicted octanol–water partition coefficient (Wildman–Crippen LogP) is 3.93. The van der Waals surface area contributed by atoms with E-state index in [4.69, 9.17) is 0 Å². The van der Waals surface area contributed by atoms with E-state index in [-0.39, 0.29) is 34.4 Å². The summed E-state index contributed by atoms with van der Waals surface area (Å²) in [6, 6.07) is 10.3. The van der Waals surface area contributed by atoms with E-state index in [0.29, 0.717) is 6.42 Å². The van der Waals surface area contributed by atoms with Crippen LogP contribution in [-0.2, 0) is 0 Å². The maximum Gasteiger partial charge on any atom is 0.156 e. The third-order valence-electron chi connectivity index (χ3n) is 4.13. The number of halogens is 1. The first-order valence-electron chi connectivity index (χ1n) is 6.95. The van der Waals surface area contributed by atoms with Crippen LogP contribution >= 0.6 is 17.0 Å². The Labute approximate surface area is 135 Å². The topological polar surface area (TPSA) is 52.5 Å². The van der Waals surface area contributed by atoms with Gasteiger partial charge in [0.05, 0.1) is 0 Å². The summed E-state index contributed by atoms with van der Waals surface area (Å²) in [5.41, 5.74) is 4.29. The van der Waals surface area contributed by atoms with Crippen molar-refractivity contribution in [3.05, 3.63) is 70.2 Å². The normalized spacial score (nSPS) is 22.1. The SMILES string of the molecule is Br.CC1=C2C(=CCNCC2c2ccccc2)CC(O)=C1O. The van der Waals surface area contributed by atoms with Crippen molar-refractivity contribution in [1.82, 2.24) is 5.32 Å². The minimum atomic E-state index is 0. The molecular weight excluding hydrogens is 330 g/mol. The van der Waals surface area contributed by atoms with Gasteiger partial charge in [-0.25, -0.2) is 0 Å². The van der Waals surface area contributed by atoms with Gasteiger partial charge in [-0.2, -0.15) is 0 Å². The monoisotopic (exact) mass is 349 g/mol. The standard InChI is InChI=1S/C17H19NO2.BrH/c1-11-16-13(9-15(19)17(11)20)7-8-18-10-14(16)12-5-3-2-4-6-12;/h2-7,14,18-20H,8-10H2,1H3;1H. The van der Waals surface area contributed by atoms with E-state index in [1.54, 1.807) is 0 Å². The van der Waals surface area contributed by atoms with Crippen LogP contribution in [0.1, 0.15) is 24.8 Å². The van der Waals surface area contributed by atoms with Gasteiger partial charge in [0, 0.05) is 25.4 Å². The fourth-order valence-electron chi connectivity index (χ4n) is 3.11. The smallest absolute Gasteiger partial charge is 0.156 e. The van der Waals surface area contributed by atoms with Crippen molar-refractivity contribution in [2.24, 2.45) is 0 Å². The van der Waals surface area contributed by atoms with Crippen LogP contribution in [0.3, 0.4) is 0 Å². The minimum Gasteiger partial charge on any atom is -0.508 e. The van der Waals surface area contributed by atoms with Crippen LogP contribution in [0.25, 0.3) is 0 Å². The van der Waals surface area contributed by atoms with Crippen molar-refractivity contribution in [1.29, 1.82) is 0 Å². The molecule has 2 aliphatic rings. The predicted molar refractivity (Wildman–Crippen MR) is 90.1 cm³/mol. The molecule has 0 radical (unpaired) electrons. The maximum absolute atomic E-state index is 10.1. The van der Waals surface area contributed by atoms with Gasteiger partial charge < -0.3 is 15.5 Å². The molecule has 1 aromatic rings. The average Bonchev–Trinajstić information content (AvgIpc) is 2.68. The molecule has 0 saturated heterocycles. The minimum absolute atomic E-state index is 0. The van der Waals surface area contributed by atoms with Crippen molar-refractivity contribution in [3.63, 3.8) is 0 Å². The maximum atomic E-state index is 10.1. The lowest BCUT2D eigenvalue weighted by Crippen LogP contribution is -2.22. The number of allylic oxidation sites excluding steroid dienone is 2. The number of aliphatic hydroxyl groups is 2. The van der Waals surface area contributed by atoms with Gasteiger partial charge in [-0.05, 0) is 29.2 Å². The number of fused-ring (bicyclic) bond motifs is 1. The molecule has 21 heavy (non-hydrogen) atoms. The van der Waals surface area contributed by atoms with Crippen LogP contribution in [0.4, 0.5) is 0 Å². The molecule has 3 N–H and O–H groups in total. The van der Waals surface area contributed by atoms with Crippen molar-refractivity contribution in [2.45, 2.75) is 19.3 Å². The first kappa shape index (κ1) is 15.9. The zero-order valence-electron chi connectivity index (χ0n) is 12.0. The summed E-state index contributed by atoms with van der Waals surface area (Å²) in [5.74, 6) is 0.325. The van der Waals surface area contributed by atoms with E-state index in [1.807, 2.05) is 25.1 Å². The van der Waals surface area contributed by atoms with Crippen LogP contribution in [0, 0.1) is 0 Å². The van der Waals surface area contributed by atoms with Gasteiger partial charge in [-0.3, -0.25) is 0 Å². The van der Waals surface area contributed by atoms with Gasteiger partial charge in [-0.15, -0.1) is 17.0 Å². The van der Waals surface area contributed by atoms with Crippen LogP contribution in [0.15, 0.2) is 64.6 Å². The Bertz CT molecular complexity index is 617. The molecule has 1 aliphatic carbocycles. The number of nitrogens with one attached hydrogen (secondary N) is 1. The summed E-state index contributed by atoms with van der Waals surface area (Å²) in [7, 11) is 0. The Morgan fingerprint density at radius 3 is 2.57 bits per heavy atom. The van der Waals surface area contributed by atoms with Crippen LogP contribution in [-0.4, -0.2) is 23.3 Å². The van der Waals surface area contributed by atoms with E-state index >= 15 is 0 Å². The lowest BCUT2D eigenvalue weighted by molar-refractivity contribution is 0.319. The Hall–Kier alpha value is -1.52. The fourth-order valence-corrected chi connectivity index (χ4v) is 3.11. The van der Waals surface area contributed by atoms with Crippen molar-refractivity contribution >= 4 is 17.0 Å². The zero-order valence-corrected chi connectivity index (χ0v) is 13.7. The number of hydrogen-bond donors (Lipinski definition) is 3. The summed E-state index contributed by atoms with van der Waals surface area (Å²) in [6.45, 7) is 3.52. The molecule has 0 spiro atoms. The van der Waals surface area contributed by atoms with E-state index < -0.39 is 0 Å². The fraction of sp³-hybridized carbons (Fsp3) is 0.294. The second-order valence-electron chi connectivity index (χ2n) is 5.36. The summed E-state index contributed by atoms with van der Waals surface area (Å²) in [5, 5.41) is 23.3.